The van der Waals surface area contributed by atoms with E-state index in [1.54, 1.807) is 26.2 Å². The van der Waals surface area contributed by atoms with E-state index < -0.39 is 23.7 Å². The Morgan fingerprint density at radius 1 is 1.10 bits per heavy atom. The first-order valence-electron chi connectivity index (χ1n) is 13.6. The summed E-state index contributed by atoms with van der Waals surface area (Å²) < 4.78 is 6.92. The molecule has 3 rings (SSSR count). The summed E-state index contributed by atoms with van der Waals surface area (Å²) in [5.74, 6) is 0.274. The Bertz CT molecular complexity index is 1480. The topological polar surface area (TPSA) is 130 Å². The van der Waals surface area contributed by atoms with Crippen LogP contribution in [0.4, 0.5) is 10.5 Å². The highest BCUT2D eigenvalue weighted by atomic mass is 16.6. The van der Waals surface area contributed by atoms with Crippen LogP contribution in [0.15, 0.2) is 47.3 Å². The number of fused-ring (bicyclic) bond motifs is 1. The molecule has 0 fully saturated rings. The van der Waals surface area contributed by atoms with Crippen LogP contribution in [0.1, 0.15) is 43.8 Å². The number of nitrogens with one attached hydrogen (secondary N) is 2. The lowest BCUT2D eigenvalue weighted by atomic mass is 10.0. The molecule has 3 amide bonds. The van der Waals surface area contributed by atoms with E-state index in [4.69, 9.17) is 9.72 Å². The lowest BCUT2D eigenvalue weighted by Crippen LogP contribution is -2.38. The van der Waals surface area contributed by atoms with Crippen molar-refractivity contribution in [2.45, 2.75) is 52.7 Å². The number of carbonyl (C=O) groups is 3. The molecule has 0 spiro atoms. The largest absolute Gasteiger partial charge is 0.436 e. The number of rotatable bonds is 11. The Morgan fingerprint density at radius 3 is 2.49 bits per heavy atom. The molecule has 11 nitrogen and oxygen atoms in total. The number of likely N-dealkylation sites (N-methyl/N-ethyl adjacent to an activating group) is 1. The maximum atomic E-state index is 13.4. The van der Waals surface area contributed by atoms with Crippen LogP contribution in [0.2, 0.25) is 0 Å². The number of imidazole rings is 1. The first-order valence-corrected chi connectivity index (χ1v) is 13.6. The van der Waals surface area contributed by atoms with Crippen molar-refractivity contribution in [3.63, 3.8) is 0 Å². The van der Waals surface area contributed by atoms with Gasteiger partial charge in [0.2, 0.25) is 5.91 Å². The second kappa shape index (κ2) is 13.8. The minimum Gasteiger partial charge on any atom is -0.436 e. The number of hydrogen-bond donors (Lipinski definition) is 2. The van der Waals surface area contributed by atoms with E-state index >= 15 is 0 Å². The van der Waals surface area contributed by atoms with E-state index in [0.717, 1.165) is 17.5 Å². The second-order valence-electron chi connectivity index (χ2n) is 10.8. The van der Waals surface area contributed by atoms with E-state index in [1.807, 2.05) is 19.1 Å². The molecular weight excluding hydrogens is 524 g/mol. The molecule has 0 saturated heterocycles. The number of amides is 3. The van der Waals surface area contributed by atoms with Gasteiger partial charge in [-0.25, -0.2) is 9.78 Å². The minimum atomic E-state index is -1.17. The van der Waals surface area contributed by atoms with Gasteiger partial charge in [-0.1, -0.05) is 32.1 Å². The summed E-state index contributed by atoms with van der Waals surface area (Å²) >= 11 is 0. The van der Waals surface area contributed by atoms with E-state index in [0.29, 0.717) is 23.9 Å². The molecule has 41 heavy (non-hydrogen) atoms. The third-order valence-electron chi connectivity index (χ3n) is 6.44. The summed E-state index contributed by atoms with van der Waals surface area (Å²) in [7, 11) is 6.29. The molecule has 11 heteroatoms. The number of aromatic nitrogens is 3. The van der Waals surface area contributed by atoms with Gasteiger partial charge in [0.1, 0.15) is 11.5 Å². The summed E-state index contributed by atoms with van der Waals surface area (Å²) in [6.07, 6.45) is 2.48. The molecule has 1 atom stereocenters. The summed E-state index contributed by atoms with van der Waals surface area (Å²) in [5.41, 5.74) is 3.30. The zero-order valence-electron chi connectivity index (χ0n) is 24.9. The van der Waals surface area contributed by atoms with Crippen LogP contribution in [0.5, 0.6) is 0 Å². The molecule has 2 heterocycles. The number of pyridine rings is 1. The van der Waals surface area contributed by atoms with Crippen LogP contribution in [-0.4, -0.2) is 76.5 Å². The molecule has 1 unspecified atom stereocenters. The number of carbonyl (C=O) groups excluding carboxylic acids is 3. The number of para-hydroxylation sites is 1. The molecular formula is C30H40N6O5. The molecule has 1 aromatic carbocycles. The summed E-state index contributed by atoms with van der Waals surface area (Å²) in [6, 6.07) is 9.26. The maximum Gasteiger partial charge on any atom is 0.410 e. The zero-order chi connectivity index (χ0) is 30.3. The summed E-state index contributed by atoms with van der Waals surface area (Å²) in [4.78, 5) is 61.4. The summed E-state index contributed by atoms with van der Waals surface area (Å²) in [6.45, 7) is 6.32. The second-order valence-corrected chi connectivity index (χ2v) is 10.8. The highest BCUT2D eigenvalue weighted by molar-refractivity contribution is 5.95. The van der Waals surface area contributed by atoms with Gasteiger partial charge in [0, 0.05) is 33.9 Å². The minimum absolute atomic E-state index is 0.0569. The third kappa shape index (κ3) is 8.29. The molecule has 3 aromatic rings. The number of hydrogen-bond acceptors (Lipinski definition) is 6. The van der Waals surface area contributed by atoms with Crippen molar-refractivity contribution in [2.75, 3.05) is 33.5 Å². The van der Waals surface area contributed by atoms with Crippen molar-refractivity contribution in [3.05, 3.63) is 69.9 Å². The van der Waals surface area contributed by atoms with Crippen molar-refractivity contribution in [2.24, 2.45) is 5.92 Å². The fourth-order valence-electron chi connectivity index (χ4n) is 4.20. The molecule has 0 aliphatic rings. The molecule has 220 valence electrons. The van der Waals surface area contributed by atoms with Crippen molar-refractivity contribution >= 4 is 34.6 Å². The molecule has 2 aromatic heterocycles. The van der Waals surface area contributed by atoms with Crippen LogP contribution in [0.25, 0.3) is 11.0 Å². The highest BCUT2D eigenvalue weighted by Gasteiger charge is 2.25. The number of aromatic amines is 1. The zero-order valence-corrected chi connectivity index (χ0v) is 24.9. The molecule has 0 aliphatic carbocycles. The van der Waals surface area contributed by atoms with Gasteiger partial charge >= 0.3 is 6.09 Å². The average Bonchev–Trinajstić information content (AvgIpc) is 3.33. The molecule has 0 radical (unpaired) electrons. The van der Waals surface area contributed by atoms with Crippen LogP contribution in [0.3, 0.4) is 0 Å². The van der Waals surface area contributed by atoms with Gasteiger partial charge in [-0.15, -0.1) is 0 Å². The Balaban J connectivity index is 1.82. The number of ether oxygens (including phenoxy) is 1. The summed E-state index contributed by atoms with van der Waals surface area (Å²) in [5, 5.41) is 2.64. The van der Waals surface area contributed by atoms with Gasteiger partial charge < -0.3 is 29.4 Å². The Hall–Kier alpha value is -4.41. The van der Waals surface area contributed by atoms with E-state index in [2.05, 4.69) is 30.2 Å². The Morgan fingerprint density at radius 2 is 1.83 bits per heavy atom. The Kier molecular flexibility index (Phi) is 10.5. The molecule has 0 bridgehead atoms. The SMILES string of the molecule is Cc1ccc(NC(=O)C(CC/C=C/C(=O)N(C)C)OC(=O)N(C)C)c(=O)n1Cc1nc2cccc(CC(C)C)c2[nH]1. The Labute approximate surface area is 240 Å². The predicted molar refractivity (Wildman–Crippen MR) is 159 cm³/mol. The van der Waals surface area contributed by atoms with Crippen molar-refractivity contribution in [3.8, 4) is 0 Å². The van der Waals surface area contributed by atoms with Gasteiger partial charge in [0.15, 0.2) is 6.10 Å². The standard InChI is InChI=1S/C30H40N6O5/c1-19(2)17-21-11-10-12-22-27(21)33-25(31-22)18-36-20(3)15-16-23(29(36)39)32-28(38)24(41-30(40)35(6)7)13-8-9-14-26(37)34(4)5/h9-12,14-16,19,24H,8,13,17-18H2,1-7H3,(H,31,33)(H,32,38)/b14-9+. The lowest BCUT2D eigenvalue weighted by Gasteiger charge is -2.20. The van der Waals surface area contributed by atoms with E-state index in [1.165, 1.54) is 46.2 Å². The molecule has 0 saturated carbocycles. The van der Waals surface area contributed by atoms with Gasteiger partial charge in [-0.05, 0) is 61.9 Å². The normalized spacial score (nSPS) is 12.1. The van der Waals surface area contributed by atoms with Gasteiger partial charge in [0.05, 0.1) is 17.6 Å². The number of H-pyrrole nitrogens is 1. The van der Waals surface area contributed by atoms with E-state index in [9.17, 15) is 19.2 Å². The predicted octanol–water partition coefficient (Wildman–Crippen LogP) is 3.71. The van der Waals surface area contributed by atoms with Gasteiger partial charge in [0.25, 0.3) is 11.5 Å². The fourth-order valence-corrected chi connectivity index (χ4v) is 4.20. The van der Waals surface area contributed by atoms with Crippen LogP contribution < -0.4 is 10.9 Å². The fraction of sp³-hybridized carbons (Fsp3) is 0.433. The van der Waals surface area contributed by atoms with Crippen LogP contribution in [-0.2, 0) is 27.3 Å². The van der Waals surface area contributed by atoms with Gasteiger partial charge in [-0.3, -0.25) is 14.4 Å². The van der Waals surface area contributed by atoms with Crippen molar-refractivity contribution in [1.82, 2.24) is 24.3 Å². The monoisotopic (exact) mass is 564 g/mol. The number of allylic oxidation sites excluding steroid dienone is 1. The van der Waals surface area contributed by atoms with Crippen LogP contribution in [0, 0.1) is 12.8 Å². The van der Waals surface area contributed by atoms with Gasteiger partial charge in [-0.2, -0.15) is 0 Å². The van der Waals surface area contributed by atoms with Crippen molar-refractivity contribution in [1.29, 1.82) is 0 Å². The first kappa shape index (κ1) is 31.1. The number of anilines is 1. The third-order valence-corrected chi connectivity index (χ3v) is 6.44. The highest BCUT2D eigenvalue weighted by Crippen LogP contribution is 2.20. The quantitative estimate of drug-likeness (QED) is 0.342. The maximum absolute atomic E-state index is 13.4. The number of aryl methyl sites for hydroxylation is 1. The number of nitrogens with zero attached hydrogens (tertiary/aromatic N) is 4. The lowest BCUT2D eigenvalue weighted by molar-refractivity contribution is -0.125. The van der Waals surface area contributed by atoms with Crippen LogP contribution >= 0.6 is 0 Å². The van der Waals surface area contributed by atoms with Crippen molar-refractivity contribution < 1.29 is 19.1 Å². The smallest absolute Gasteiger partial charge is 0.410 e. The molecule has 0 aliphatic heterocycles. The number of benzene rings is 1. The first-order chi connectivity index (χ1) is 19.4. The average molecular weight is 565 g/mol. The van der Waals surface area contributed by atoms with E-state index in [-0.39, 0.29) is 24.6 Å². The molecule has 2 N–H and O–H groups in total.